The van der Waals surface area contributed by atoms with Crippen molar-refractivity contribution in [2.24, 2.45) is 5.41 Å². The lowest BCUT2D eigenvalue weighted by Crippen LogP contribution is -2.28. The fourth-order valence-corrected chi connectivity index (χ4v) is 4.27. The second kappa shape index (κ2) is 11.3. The number of rotatable bonds is 9. The number of nitrogens with zero attached hydrogens (tertiary/aromatic N) is 1. The fourth-order valence-electron chi connectivity index (χ4n) is 1.67. The Morgan fingerprint density at radius 1 is 1.48 bits per heavy atom. The van der Waals surface area contributed by atoms with E-state index < -0.39 is 16.6 Å². The molecule has 120 valence electrons. The van der Waals surface area contributed by atoms with Gasteiger partial charge in [0.1, 0.15) is 8.78 Å². The first kappa shape index (κ1) is 20.7. The van der Waals surface area contributed by atoms with Crippen molar-refractivity contribution in [3.05, 3.63) is 0 Å². The van der Waals surface area contributed by atoms with Gasteiger partial charge in [-0.2, -0.15) is 5.26 Å². The fraction of sp³-hybridized carbons (Fsp3) is 0.769. The molecule has 0 aromatic carbocycles. The molecule has 0 heterocycles. The molecule has 0 saturated heterocycles. The standard InChI is InChI=1S/C13H21NO4S3/c1-13(9-14,4-3-5-15)8-10(11(17)18-2)21-12(19)20-7-6-16/h10,15-16H,3-8H2,1-2H3. The third kappa shape index (κ3) is 8.63. The average Bonchev–Trinajstić information content (AvgIpc) is 2.49. The Bertz CT molecular complexity index is 386. The third-order valence-electron chi connectivity index (χ3n) is 2.81. The van der Waals surface area contributed by atoms with E-state index in [1.807, 2.05) is 0 Å². The number of methoxy groups -OCH3 is 1. The molecule has 0 saturated carbocycles. The molecule has 0 spiro atoms. The van der Waals surface area contributed by atoms with Crippen LogP contribution in [0.25, 0.3) is 0 Å². The predicted octanol–water partition coefficient (Wildman–Crippen LogP) is 1.96. The van der Waals surface area contributed by atoms with E-state index in [1.54, 1.807) is 6.92 Å². The summed E-state index contributed by atoms with van der Waals surface area (Å²) in [7, 11) is 1.30. The molecule has 0 aliphatic carbocycles. The Morgan fingerprint density at radius 3 is 2.62 bits per heavy atom. The summed E-state index contributed by atoms with van der Waals surface area (Å²) < 4.78 is 5.32. The van der Waals surface area contributed by atoms with Crippen LogP contribution in [0.2, 0.25) is 0 Å². The summed E-state index contributed by atoms with van der Waals surface area (Å²) in [6, 6.07) is 2.22. The van der Waals surface area contributed by atoms with E-state index in [-0.39, 0.29) is 13.2 Å². The van der Waals surface area contributed by atoms with E-state index in [9.17, 15) is 10.1 Å². The minimum absolute atomic E-state index is 0.0120. The normalized spacial score (nSPS) is 14.8. The van der Waals surface area contributed by atoms with Gasteiger partial charge in [-0.3, -0.25) is 4.79 Å². The molecule has 0 fully saturated rings. The highest BCUT2D eigenvalue weighted by Crippen LogP contribution is 2.35. The summed E-state index contributed by atoms with van der Waals surface area (Å²) in [5, 5.41) is 26.4. The zero-order chi connectivity index (χ0) is 16.3. The summed E-state index contributed by atoms with van der Waals surface area (Å²) in [4.78, 5) is 11.9. The molecule has 0 amide bonds. The first-order valence-electron chi connectivity index (χ1n) is 6.46. The summed E-state index contributed by atoms with van der Waals surface area (Å²) in [5.74, 6) is 0.0529. The van der Waals surface area contributed by atoms with Crippen molar-refractivity contribution in [2.75, 3.05) is 26.1 Å². The molecular formula is C13H21NO4S3. The number of thiocarbonyl (C=S) groups is 1. The van der Waals surface area contributed by atoms with Gasteiger partial charge in [0.25, 0.3) is 0 Å². The number of esters is 1. The Morgan fingerprint density at radius 2 is 2.14 bits per heavy atom. The van der Waals surface area contributed by atoms with E-state index in [1.165, 1.54) is 30.6 Å². The Kier molecular flexibility index (Phi) is 11.1. The van der Waals surface area contributed by atoms with E-state index in [2.05, 4.69) is 6.07 Å². The molecule has 5 nitrogen and oxygen atoms in total. The number of hydrogen-bond acceptors (Lipinski definition) is 8. The van der Waals surface area contributed by atoms with Crippen LogP contribution in [0, 0.1) is 16.7 Å². The molecule has 2 unspecified atom stereocenters. The number of nitriles is 1. The van der Waals surface area contributed by atoms with E-state index in [4.69, 9.17) is 27.2 Å². The maximum Gasteiger partial charge on any atom is 0.319 e. The average molecular weight is 352 g/mol. The molecule has 0 aromatic rings. The van der Waals surface area contributed by atoms with Crippen molar-refractivity contribution in [3.8, 4) is 6.07 Å². The van der Waals surface area contributed by atoms with Crippen LogP contribution in [0.1, 0.15) is 26.2 Å². The van der Waals surface area contributed by atoms with Gasteiger partial charge in [-0.15, -0.1) is 11.8 Å². The molecule has 8 heteroatoms. The van der Waals surface area contributed by atoms with Gasteiger partial charge in [-0.1, -0.05) is 24.0 Å². The number of ether oxygens (including phenoxy) is 1. The van der Waals surface area contributed by atoms with Crippen molar-refractivity contribution < 1.29 is 19.7 Å². The van der Waals surface area contributed by atoms with Crippen LogP contribution >= 0.6 is 35.7 Å². The van der Waals surface area contributed by atoms with Crippen LogP contribution in [-0.2, 0) is 9.53 Å². The predicted molar refractivity (Wildman–Crippen MR) is 90.2 cm³/mol. The van der Waals surface area contributed by atoms with Crippen molar-refractivity contribution in [1.82, 2.24) is 0 Å². The van der Waals surface area contributed by atoms with Crippen LogP contribution in [0.5, 0.6) is 0 Å². The molecule has 2 atom stereocenters. The number of carbonyl (C=O) groups is 1. The highest BCUT2D eigenvalue weighted by molar-refractivity contribution is 8.47. The lowest BCUT2D eigenvalue weighted by Gasteiger charge is -2.25. The zero-order valence-corrected chi connectivity index (χ0v) is 14.7. The quantitative estimate of drug-likeness (QED) is 0.481. The maximum absolute atomic E-state index is 11.9. The van der Waals surface area contributed by atoms with Gasteiger partial charge >= 0.3 is 5.97 Å². The first-order valence-corrected chi connectivity index (χ1v) is 8.74. The maximum atomic E-state index is 11.9. The van der Waals surface area contributed by atoms with Gasteiger partial charge < -0.3 is 14.9 Å². The highest BCUT2D eigenvalue weighted by atomic mass is 32.2. The molecule has 0 radical (unpaired) electrons. The lowest BCUT2D eigenvalue weighted by molar-refractivity contribution is -0.140. The van der Waals surface area contributed by atoms with Crippen LogP contribution in [0.15, 0.2) is 0 Å². The van der Waals surface area contributed by atoms with Crippen LogP contribution in [-0.4, -0.2) is 51.0 Å². The van der Waals surface area contributed by atoms with Crippen molar-refractivity contribution in [2.45, 2.75) is 31.4 Å². The number of aliphatic hydroxyl groups excluding tert-OH is 2. The molecule has 0 aromatic heterocycles. The monoisotopic (exact) mass is 351 g/mol. The van der Waals surface area contributed by atoms with Crippen LogP contribution < -0.4 is 0 Å². The van der Waals surface area contributed by atoms with Gasteiger partial charge in [0.2, 0.25) is 0 Å². The molecular weight excluding hydrogens is 330 g/mol. The third-order valence-corrected chi connectivity index (χ3v) is 5.55. The smallest absolute Gasteiger partial charge is 0.319 e. The summed E-state index contributed by atoms with van der Waals surface area (Å²) in [6.45, 7) is 1.79. The van der Waals surface area contributed by atoms with Gasteiger partial charge in [-0.25, -0.2) is 0 Å². The van der Waals surface area contributed by atoms with Crippen molar-refractivity contribution in [3.63, 3.8) is 0 Å². The lowest BCUT2D eigenvalue weighted by atomic mass is 9.82. The molecule has 21 heavy (non-hydrogen) atoms. The number of aliphatic hydroxyl groups is 2. The van der Waals surface area contributed by atoms with Gasteiger partial charge in [-0.05, 0) is 26.2 Å². The SMILES string of the molecule is COC(=O)C(CC(C)(C#N)CCCO)SC(=S)SCCO. The number of thioether (sulfide) groups is 2. The Labute approximate surface area is 139 Å². The van der Waals surface area contributed by atoms with Crippen molar-refractivity contribution >= 4 is 45.2 Å². The Hall–Kier alpha value is -0.330. The molecule has 0 rings (SSSR count). The largest absolute Gasteiger partial charge is 0.468 e. The van der Waals surface area contributed by atoms with E-state index in [0.29, 0.717) is 28.5 Å². The van der Waals surface area contributed by atoms with Gasteiger partial charge in [0.05, 0.1) is 25.2 Å². The Balaban J connectivity index is 4.79. The van der Waals surface area contributed by atoms with Gasteiger partial charge in [0, 0.05) is 12.4 Å². The van der Waals surface area contributed by atoms with Crippen LogP contribution in [0.4, 0.5) is 0 Å². The molecule has 0 bridgehead atoms. The highest BCUT2D eigenvalue weighted by Gasteiger charge is 2.33. The number of hydrogen-bond donors (Lipinski definition) is 2. The van der Waals surface area contributed by atoms with Gasteiger partial charge in [0.15, 0.2) is 0 Å². The minimum Gasteiger partial charge on any atom is -0.468 e. The summed E-state index contributed by atoms with van der Waals surface area (Å²) >= 11 is 7.65. The van der Waals surface area contributed by atoms with E-state index >= 15 is 0 Å². The van der Waals surface area contributed by atoms with Crippen molar-refractivity contribution in [1.29, 1.82) is 5.26 Å². The summed E-state index contributed by atoms with van der Waals surface area (Å²) in [5.41, 5.74) is -0.716. The molecule has 0 aliphatic heterocycles. The summed E-state index contributed by atoms with van der Waals surface area (Å²) in [6.07, 6.45) is 1.32. The van der Waals surface area contributed by atoms with Crippen LogP contribution in [0.3, 0.4) is 0 Å². The second-order valence-corrected chi connectivity index (χ2v) is 8.16. The number of carbonyl (C=O) groups excluding carboxylic acids is 1. The molecule has 0 aliphatic rings. The molecule has 2 N–H and O–H groups in total. The van der Waals surface area contributed by atoms with E-state index in [0.717, 1.165) is 0 Å². The zero-order valence-electron chi connectivity index (χ0n) is 12.2. The minimum atomic E-state index is -0.716. The second-order valence-electron chi connectivity index (χ2n) is 4.66. The topological polar surface area (TPSA) is 90.6 Å². The first-order chi connectivity index (χ1) is 9.92.